The molecule has 3 aromatic rings. The monoisotopic (exact) mass is 617 g/mol. The lowest BCUT2D eigenvalue weighted by Gasteiger charge is -2.43. The molecule has 2 atom stereocenters. The standard InChI is InChI=1S/C37H43N7O2/c1-4-16-41-17-13-27(22-41)25-46-37-31(21-39)36(43-19-20-44(34(45)5-2)29(23-43)12-15-38)30-14-18-42(24-32(30)40-37)33-11-7-10-28-9-6-8-26(3)35(28)33/h5-11,27,29H,2,4,12-14,16-20,22-25H2,1,3H3/t27?,29-/m0/s1. The van der Waals surface area contributed by atoms with Crippen molar-refractivity contribution in [2.24, 2.45) is 5.92 Å². The van der Waals surface area contributed by atoms with Crippen LogP contribution in [0.3, 0.4) is 0 Å². The summed E-state index contributed by atoms with van der Waals surface area (Å²) < 4.78 is 6.48. The highest BCUT2D eigenvalue weighted by atomic mass is 16.5. The third-order valence-electron chi connectivity index (χ3n) is 9.79. The quantitative estimate of drug-likeness (QED) is 0.302. The maximum atomic E-state index is 12.7. The molecule has 0 N–H and O–H groups in total. The number of likely N-dealkylation sites (tertiary alicyclic amines) is 1. The molecule has 46 heavy (non-hydrogen) atoms. The molecule has 6 rings (SSSR count). The summed E-state index contributed by atoms with van der Waals surface area (Å²) in [5, 5.41) is 22.7. The second kappa shape index (κ2) is 13.8. The summed E-state index contributed by atoms with van der Waals surface area (Å²) in [4.78, 5) is 26.5. The van der Waals surface area contributed by atoms with Crippen molar-refractivity contribution < 1.29 is 9.53 Å². The molecule has 0 radical (unpaired) electrons. The van der Waals surface area contributed by atoms with Crippen LogP contribution in [0.15, 0.2) is 49.1 Å². The van der Waals surface area contributed by atoms with E-state index < -0.39 is 0 Å². The number of aryl methyl sites for hydroxylation is 1. The first-order chi connectivity index (χ1) is 22.4. The van der Waals surface area contributed by atoms with Crippen molar-refractivity contribution >= 4 is 28.1 Å². The lowest BCUT2D eigenvalue weighted by molar-refractivity contribution is -0.128. The Morgan fingerprint density at radius 1 is 1.11 bits per heavy atom. The van der Waals surface area contributed by atoms with Gasteiger partial charge in [-0.3, -0.25) is 4.79 Å². The Labute approximate surface area is 272 Å². The van der Waals surface area contributed by atoms with Crippen LogP contribution in [-0.4, -0.2) is 79.2 Å². The van der Waals surface area contributed by atoms with E-state index in [4.69, 9.17) is 9.72 Å². The fourth-order valence-electron chi connectivity index (χ4n) is 7.57. The highest BCUT2D eigenvalue weighted by molar-refractivity contribution is 5.97. The number of hydrogen-bond donors (Lipinski definition) is 0. The van der Waals surface area contributed by atoms with Gasteiger partial charge in [0.2, 0.25) is 11.8 Å². The molecule has 9 heteroatoms. The van der Waals surface area contributed by atoms with Crippen molar-refractivity contribution in [3.05, 3.63) is 71.4 Å². The number of rotatable bonds is 9. The number of fused-ring (bicyclic) bond motifs is 2. The molecule has 238 valence electrons. The van der Waals surface area contributed by atoms with Crippen molar-refractivity contribution in [2.45, 2.75) is 52.1 Å². The maximum Gasteiger partial charge on any atom is 0.246 e. The number of ether oxygens (including phenoxy) is 1. The molecule has 2 aromatic carbocycles. The van der Waals surface area contributed by atoms with Crippen LogP contribution in [0, 0.1) is 35.5 Å². The number of anilines is 2. The molecule has 9 nitrogen and oxygen atoms in total. The summed E-state index contributed by atoms with van der Waals surface area (Å²) >= 11 is 0. The summed E-state index contributed by atoms with van der Waals surface area (Å²) in [5.41, 5.74) is 5.71. The molecular weight excluding hydrogens is 574 g/mol. The van der Waals surface area contributed by atoms with Crippen LogP contribution < -0.4 is 14.5 Å². The zero-order chi connectivity index (χ0) is 32.2. The molecule has 3 aliphatic rings. The van der Waals surface area contributed by atoms with Crippen LogP contribution in [-0.2, 0) is 17.8 Å². The summed E-state index contributed by atoms with van der Waals surface area (Å²) in [6.07, 6.45) is 4.45. The Morgan fingerprint density at radius 3 is 2.70 bits per heavy atom. The Bertz CT molecular complexity index is 1700. The van der Waals surface area contributed by atoms with E-state index in [1.807, 2.05) is 0 Å². The minimum Gasteiger partial charge on any atom is -0.476 e. The highest BCUT2D eigenvalue weighted by Gasteiger charge is 2.35. The van der Waals surface area contributed by atoms with Gasteiger partial charge >= 0.3 is 0 Å². The molecule has 2 saturated heterocycles. The molecule has 0 bridgehead atoms. The van der Waals surface area contributed by atoms with Crippen LogP contribution >= 0.6 is 0 Å². The van der Waals surface area contributed by atoms with Gasteiger partial charge in [-0.2, -0.15) is 10.5 Å². The van der Waals surface area contributed by atoms with Crippen molar-refractivity contribution in [3.8, 4) is 18.0 Å². The first kappa shape index (κ1) is 31.4. The number of carbonyl (C=O) groups is 1. The van der Waals surface area contributed by atoms with Crippen molar-refractivity contribution in [1.82, 2.24) is 14.8 Å². The Morgan fingerprint density at radius 2 is 1.93 bits per heavy atom. The highest BCUT2D eigenvalue weighted by Crippen LogP contribution is 2.40. The summed E-state index contributed by atoms with van der Waals surface area (Å²) in [5.74, 6) is 0.612. The molecule has 1 unspecified atom stereocenters. The predicted molar refractivity (Wildman–Crippen MR) is 181 cm³/mol. The van der Waals surface area contributed by atoms with Crippen molar-refractivity contribution in [2.75, 3.05) is 62.2 Å². The minimum atomic E-state index is -0.300. The van der Waals surface area contributed by atoms with Gasteiger partial charge in [-0.15, -0.1) is 0 Å². The Balaban J connectivity index is 1.37. The molecule has 0 saturated carbocycles. The number of pyridine rings is 1. The number of hydrogen-bond acceptors (Lipinski definition) is 8. The van der Waals surface area contributed by atoms with Crippen LogP contribution in [0.1, 0.15) is 48.6 Å². The smallest absolute Gasteiger partial charge is 0.246 e. The number of carbonyl (C=O) groups excluding carboxylic acids is 1. The van der Waals surface area contributed by atoms with Gasteiger partial charge in [0.1, 0.15) is 11.6 Å². The second-order valence-corrected chi connectivity index (χ2v) is 12.8. The molecule has 0 spiro atoms. The van der Waals surface area contributed by atoms with E-state index in [9.17, 15) is 15.3 Å². The van der Waals surface area contributed by atoms with Gasteiger partial charge in [0.25, 0.3) is 0 Å². The summed E-state index contributed by atoms with van der Waals surface area (Å²) in [6, 6.07) is 17.3. The molecule has 2 fully saturated rings. The van der Waals surface area contributed by atoms with Crippen LogP contribution in [0.5, 0.6) is 5.88 Å². The average Bonchev–Trinajstić information content (AvgIpc) is 3.53. The number of nitriles is 2. The SMILES string of the molecule is C=CC(=O)N1CCN(c2c(C#N)c(OCC3CCN(CCC)C3)nc3c2CCN(c2cccc4cccc(C)c24)C3)C[C@@H]1CC#N. The van der Waals surface area contributed by atoms with Crippen LogP contribution in [0.25, 0.3) is 10.8 Å². The van der Waals surface area contributed by atoms with Crippen LogP contribution in [0.4, 0.5) is 11.4 Å². The Hall–Kier alpha value is -4.60. The van der Waals surface area contributed by atoms with E-state index >= 15 is 0 Å². The largest absolute Gasteiger partial charge is 0.476 e. The molecular formula is C37H43N7O2. The molecule has 3 aliphatic heterocycles. The number of nitrogens with zero attached hydrogens (tertiary/aromatic N) is 7. The molecule has 1 aromatic heterocycles. The van der Waals surface area contributed by atoms with E-state index in [0.29, 0.717) is 50.1 Å². The third-order valence-corrected chi connectivity index (χ3v) is 9.79. The minimum absolute atomic E-state index is 0.170. The van der Waals surface area contributed by atoms with E-state index in [1.165, 1.54) is 28.1 Å². The fraction of sp³-hybridized carbons (Fsp3) is 0.459. The zero-order valence-electron chi connectivity index (χ0n) is 27.0. The van der Waals surface area contributed by atoms with Gasteiger partial charge in [0.05, 0.1) is 43.1 Å². The van der Waals surface area contributed by atoms with Crippen LogP contribution in [0.2, 0.25) is 0 Å². The lowest BCUT2D eigenvalue weighted by atomic mass is 9.95. The number of piperazine rings is 1. The van der Waals surface area contributed by atoms with Gasteiger partial charge in [-0.25, -0.2) is 4.98 Å². The fourth-order valence-corrected chi connectivity index (χ4v) is 7.57. The van der Waals surface area contributed by atoms with E-state index in [2.05, 4.69) is 83.7 Å². The number of amides is 1. The van der Waals surface area contributed by atoms with Crippen molar-refractivity contribution in [1.29, 1.82) is 10.5 Å². The Kier molecular flexibility index (Phi) is 9.42. The normalized spacial score (nSPS) is 19.9. The number of aromatic nitrogens is 1. The molecule has 0 aliphatic carbocycles. The first-order valence-corrected chi connectivity index (χ1v) is 16.5. The summed E-state index contributed by atoms with van der Waals surface area (Å²) in [6.45, 7) is 14.5. The average molecular weight is 618 g/mol. The van der Waals surface area contributed by atoms with Gasteiger partial charge in [0, 0.05) is 55.3 Å². The van der Waals surface area contributed by atoms with E-state index in [0.717, 1.165) is 62.4 Å². The third kappa shape index (κ3) is 6.12. The maximum absolute atomic E-state index is 12.7. The van der Waals surface area contributed by atoms with Crippen molar-refractivity contribution in [3.63, 3.8) is 0 Å². The second-order valence-electron chi connectivity index (χ2n) is 12.8. The molecule has 4 heterocycles. The van der Waals surface area contributed by atoms with Gasteiger partial charge in [0.15, 0.2) is 0 Å². The lowest BCUT2D eigenvalue weighted by Crippen LogP contribution is -2.55. The van der Waals surface area contributed by atoms with Gasteiger partial charge in [-0.05, 0) is 62.4 Å². The van der Waals surface area contributed by atoms with Gasteiger partial charge in [-0.1, -0.05) is 43.8 Å². The first-order valence-electron chi connectivity index (χ1n) is 16.5. The number of benzene rings is 2. The predicted octanol–water partition coefficient (Wildman–Crippen LogP) is 5.21. The summed E-state index contributed by atoms with van der Waals surface area (Å²) in [7, 11) is 0. The molecule has 1 amide bonds. The topological polar surface area (TPSA) is 99.7 Å². The van der Waals surface area contributed by atoms with E-state index in [-0.39, 0.29) is 18.4 Å². The zero-order valence-corrected chi connectivity index (χ0v) is 27.0. The van der Waals surface area contributed by atoms with E-state index in [1.54, 1.807) is 4.90 Å². The van der Waals surface area contributed by atoms with Gasteiger partial charge < -0.3 is 24.3 Å².